The van der Waals surface area contributed by atoms with Gasteiger partial charge in [-0.15, -0.1) is 11.6 Å². The number of benzene rings is 1. The molecule has 0 fully saturated rings. The molecule has 2 aromatic rings. The van der Waals surface area contributed by atoms with E-state index in [4.69, 9.17) is 11.6 Å². The summed E-state index contributed by atoms with van der Waals surface area (Å²) in [4.78, 5) is 4.24. The number of aromatic nitrogens is 2. The van der Waals surface area contributed by atoms with E-state index >= 15 is 0 Å². The Hall–Kier alpha value is -0.810. The van der Waals surface area contributed by atoms with Gasteiger partial charge in [0, 0.05) is 17.9 Å². The zero-order valence-electron chi connectivity index (χ0n) is 11.7. The molecule has 1 heterocycles. The molecular formula is C14H17ClF2N2S. The Morgan fingerprint density at radius 2 is 2.05 bits per heavy atom. The van der Waals surface area contributed by atoms with Gasteiger partial charge in [0.15, 0.2) is 5.82 Å². The topological polar surface area (TPSA) is 17.8 Å². The molecule has 0 bridgehead atoms. The van der Waals surface area contributed by atoms with E-state index < -0.39 is 11.6 Å². The fraction of sp³-hybridized carbons (Fsp3) is 0.500. The van der Waals surface area contributed by atoms with E-state index in [1.165, 1.54) is 6.07 Å². The smallest absolute Gasteiger partial charge is 0.153 e. The molecule has 20 heavy (non-hydrogen) atoms. The monoisotopic (exact) mass is 318 g/mol. The average Bonchev–Trinajstić information content (AvgIpc) is 2.75. The maximum atomic E-state index is 13.8. The summed E-state index contributed by atoms with van der Waals surface area (Å²) < 4.78 is 29.1. The molecule has 2 atom stereocenters. The van der Waals surface area contributed by atoms with E-state index in [1.54, 1.807) is 18.7 Å². The number of nitrogens with zero attached hydrogens (tertiary/aromatic N) is 2. The first-order valence-corrected chi connectivity index (χ1v) is 8.18. The normalized spacial score (nSPS) is 14.7. The number of halogens is 3. The summed E-state index contributed by atoms with van der Waals surface area (Å²) >= 11 is 7.87. The minimum absolute atomic E-state index is 0.186. The van der Waals surface area contributed by atoms with Gasteiger partial charge in [-0.2, -0.15) is 11.8 Å². The quantitative estimate of drug-likeness (QED) is 0.740. The van der Waals surface area contributed by atoms with Crippen LogP contribution in [0.1, 0.15) is 31.5 Å². The van der Waals surface area contributed by atoms with Gasteiger partial charge >= 0.3 is 0 Å². The third kappa shape index (κ3) is 3.09. The van der Waals surface area contributed by atoms with Crippen molar-refractivity contribution >= 4 is 34.4 Å². The van der Waals surface area contributed by atoms with Gasteiger partial charge in [0.1, 0.15) is 17.2 Å². The SMILES string of the molecule is CSC(C)CCn1c(C(C)Cl)nc2c(F)cc(F)cc21. The summed E-state index contributed by atoms with van der Waals surface area (Å²) in [6, 6.07) is 2.17. The summed E-state index contributed by atoms with van der Waals surface area (Å²) in [6.07, 6.45) is 2.93. The molecule has 0 N–H and O–H groups in total. The van der Waals surface area contributed by atoms with E-state index in [9.17, 15) is 8.78 Å². The number of thioether (sulfide) groups is 1. The average molecular weight is 319 g/mol. The van der Waals surface area contributed by atoms with Crippen molar-refractivity contribution in [2.45, 2.75) is 37.4 Å². The summed E-state index contributed by atoms with van der Waals surface area (Å²) in [7, 11) is 0. The van der Waals surface area contributed by atoms with Crippen LogP contribution in [-0.2, 0) is 6.54 Å². The molecule has 1 aromatic carbocycles. The van der Waals surface area contributed by atoms with Crippen molar-refractivity contribution in [3.8, 4) is 0 Å². The van der Waals surface area contributed by atoms with Crippen LogP contribution in [0, 0.1) is 11.6 Å². The number of rotatable bonds is 5. The first-order valence-electron chi connectivity index (χ1n) is 6.46. The summed E-state index contributed by atoms with van der Waals surface area (Å²) in [5, 5.41) is 0.110. The van der Waals surface area contributed by atoms with Crippen LogP contribution in [0.3, 0.4) is 0 Å². The Kier molecular flexibility index (Phi) is 4.91. The van der Waals surface area contributed by atoms with Crippen LogP contribution < -0.4 is 0 Å². The highest BCUT2D eigenvalue weighted by Crippen LogP contribution is 2.28. The number of aryl methyl sites for hydroxylation is 1. The van der Waals surface area contributed by atoms with Gasteiger partial charge in [0.05, 0.1) is 10.9 Å². The first kappa shape index (κ1) is 15.6. The second-order valence-corrected chi connectivity index (χ2v) is 6.76. The fourth-order valence-electron chi connectivity index (χ4n) is 2.13. The second kappa shape index (κ2) is 6.31. The highest BCUT2D eigenvalue weighted by molar-refractivity contribution is 7.99. The van der Waals surface area contributed by atoms with Gasteiger partial charge in [0.2, 0.25) is 0 Å². The molecular weight excluding hydrogens is 302 g/mol. The van der Waals surface area contributed by atoms with Crippen molar-refractivity contribution in [2.75, 3.05) is 6.26 Å². The zero-order valence-corrected chi connectivity index (χ0v) is 13.2. The van der Waals surface area contributed by atoms with Crippen molar-refractivity contribution in [2.24, 2.45) is 0 Å². The van der Waals surface area contributed by atoms with Gasteiger partial charge < -0.3 is 4.57 Å². The van der Waals surface area contributed by atoms with Gasteiger partial charge in [-0.25, -0.2) is 13.8 Å². The van der Waals surface area contributed by atoms with E-state index in [1.807, 2.05) is 10.8 Å². The minimum Gasteiger partial charge on any atom is -0.327 e. The molecule has 2 unspecified atom stereocenters. The molecule has 0 spiro atoms. The standard InChI is InChI=1S/C14H17ClF2N2S/c1-8(20-3)4-5-19-12-7-10(16)6-11(17)13(12)18-14(19)9(2)15/h6-9H,4-5H2,1-3H3. The summed E-state index contributed by atoms with van der Waals surface area (Å²) in [5.41, 5.74) is 0.656. The molecule has 0 amide bonds. The maximum absolute atomic E-state index is 13.8. The molecule has 0 saturated carbocycles. The second-order valence-electron chi connectivity index (χ2n) is 4.83. The Bertz CT molecular complexity index is 613. The molecule has 0 radical (unpaired) electrons. The molecule has 0 aliphatic carbocycles. The molecule has 2 nitrogen and oxygen atoms in total. The lowest BCUT2D eigenvalue weighted by atomic mass is 10.2. The third-order valence-electron chi connectivity index (χ3n) is 3.32. The predicted molar refractivity (Wildman–Crippen MR) is 81.5 cm³/mol. The molecule has 1 aromatic heterocycles. The lowest BCUT2D eigenvalue weighted by molar-refractivity contribution is 0.588. The van der Waals surface area contributed by atoms with Crippen LogP contribution in [0.5, 0.6) is 0 Å². The lowest BCUT2D eigenvalue weighted by Gasteiger charge is -2.13. The van der Waals surface area contributed by atoms with Crippen molar-refractivity contribution < 1.29 is 8.78 Å². The summed E-state index contributed by atoms with van der Waals surface area (Å²) in [5.74, 6) is -0.655. The Morgan fingerprint density at radius 3 is 2.65 bits per heavy atom. The molecule has 6 heteroatoms. The van der Waals surface area contributed by atoms with E-state index in [0.29, 0.717) is 23.1 Å². The van der Waals surface area contributed by atoms with Crippen LogP contribution in [-0.4, -0.2) is 21.1 Å². The number of imidazole rings is 1. The fourth-order valence-corrected chi connectivity index (χ4v) is 2.64. The molecule has 0 aliphatic heterocycles. The number of hydrogen-bond donors (Lipinski definition) is 0. The molecule has 2 rings (SSSR count). The maximum Gasteiger partial charge on any atom is 0.153 e. The van der Waals surface area contributed by atoms with Crippen LogP contribution in [0.2, 0.25) is 0 Å². The number of alkyl halides is 1. The zero-order chi connectivity index (χ0) is 14.9. The van der Waals surface area contributed by atoms with E-state index in [0.717, 1.165) is 12.5 Å². The Morgan fingerprint density at radius 1 is 1.35 bits per heavy atom. The predicted octanol–water partition coefficient (Wildman–Crippen LogP) is 4.76. The van der Waals surface area contributed by atoms with Crippen molar-refractivity contribution in [3.05, 3.63) is 29.6 Å². The van der Waals surface area contributed by atoms with Crippen LogP contribution in [0.15, 0.2) is 12.1 Å². The van der Waals surface area contributed by atoms with Crippen molar-refractivity contribution in [1.29, 1.82) is 0 Å². The Balaban J connectivity index is 2.50. The Labute approximate surface area is 126 Å². The van der Waals surface area contributed by atoms with Crippen LogP contribution >= 0.6 is 23.4 Å². The summed E-state index contributed by atoms with van der Waals surface area (Å²) in [6.45, 7) is 4.55. The van der Waals surface area contributed by atoms with Gasteiger partial charge in [0.25, 0.3) is 0 Å². The van der Waals surface area contributed by atoms with Crippen molar-refractivity contribution in [3.63, 3.8) is 0 Å². The number of fused-ring (bicyclic) bond motifs is 1. The van der Waals surface area contributed by atoms with Crippen LogP contribution in [0.4, 0.5) is 8.78 Å². The molecule has 110 valence electrons. The highest BCUT2D eigenvalue weighted by atomic mass is 35.5. The number of hydrogen-bond acceptors (Lipinski definition) is 2. The minimum atomic E-state index is -0.643. The van der Waals surface area contributed by atoms with Gasteiger partial charge in [-0.3, -0.25) is 0 Å². The van der Waals surface area contributed by atoms with Crippen LogP contribution in [0.25, 0.3) is 11.0 Å². The van der Waals surface area contributed by atoms with Gasteiger partial charge in [-0.05, 0) is 25.7 Å². The lowest BCUT2D eigenvalue weighted by Crippen LogP contribution is -2.08. The largest absolute Gasteiger partial charge is 0.327 e. The molecule has 0 saturated heterocycles. The van der Waals surface area contributed by atoms with Gasteiger partial charge in [-0.1, -0.05) is 6.92 Å². The third-order valence-corrected chi connectivity index (χ3v) is 4.55. The van der Waals surface area contributed by atoms with Crippen molar-refractivity contribution in [1.82, 2.24) is 9.55 Å². The molecule has 0 aliphatic rings. The first-order chi connectivity index (χ1) is 9.43. The van der Waals surface area contributed by atoms with E-state index in [2.05, 4.69) is 11.9 Å². The van der Waals surface area contributed by atoms with E-state index in [-0.39, 0.29) is 10.9 Å². The highest BCUT2D eigenvalue weighted by Gasteiger charge is 2.18.